The lowest BCUT2D eigenvalue weighted by molar-refractivity contribution is 0.103. The fourth-order valence-electron chi connectivity index (χ4n) is 3.14. The molecule has 2 saturated carbocycles. The fraction of sp³-hybridized carbons (Fsp3) is 0.471. The van der Waals surface area contributed by atoms with Crippen molar-refractivity contribution in [1.29, 1.82) is 0 Å². The van der Waals surface area contributed by atoms with Gasteiger partial charge in [-0.25, -0.2) is 0 Å². The van der Waals surface area contributed by atoms with Gasteiger partial charge in [-0.2, -0.15) is 0 Å². The summed E-state index contributed by atoms with van der Waals surface area (Å²) in [6, 6.07) is 4.09. The molecule has 2 aromatic rings. The van der Waals surface area contributed by atoms with Crippen LogP contribution in [0.15, 0.2) is 22.9 Å². The Bertz CT molecular complexity index is 575. The molecule has 2 aliphatic rings. The molecule has 3 heteroatoms. The van der Waals surface area contributed by atoms with E-state index in [9.17, 15) is 4.79 Å². The van der Waals surface area contributed by atoms with Crippen LogP contribution in [0.2, 0.25) is 0 Å². The van der Waals surface area contributed by atoms with E-state index in [0.29, 0.717) is 11.8 Å². The number of hydrogen-bond acceptors (Lipinski definition) is 3. The van der Waals surface area contributed by atoms with Crippen LogP contribution in [0.3, 0.4) is 0 Å². The number of thiophene rings is 2. The van der Waals surface area contributed by atoms with Gasteiger partial charge in [-0.1, -0.05) is 12.8 Å². The Morgan fingerprint density at radius 2 is 1.30 bits per heavy atom. The molecule has 0 aliphatic heterocycles. The van der Waals surface area contributed by atoms with Crippen molar-refractivity contribution in [3.63, 3.8) is 0 Å². The molecule has 0 unspecified atom stereocenters. The molecule has 104 valence electrons. The number of hydrogen-bond donors (Lipinski definition) is 0. The summed E-state index contributed by atoms with van der Waals surface area (Å²) in [5.74, 6) is 1.58. The molecule has 2 heterocycles. The van der Waals surface area contributed by atoms with Crippen molar-refractivity contribution in [2.24, 2.45) is 0 Å². The van der Waals surface area contributed by atoms with Gasteiger partial charge in [0.05, 0.1) is 0 Å². The average molecular weight is 302 g/mol. The van der Waals surface area contributed by atoms with Crippen molar-refractivity contribution in [2.45, 2.75) is 50.4 Å². The van der Waals surface area contributed by atoms with E-state index >= 15 is 0 Å². The zero-order chi connectivity index (χ0) is 13.5. The smallest absolute Gasteiger partial charge is 0.195 e. The molecule has 0 spiro atoms. The number of rotatable bonds is 4. The summed E-state index contributed by atoms with van der Waals surface area (Å²) >= 11 is 3.55. The number of carbonyl (C=O) groups is 1. The molecule has 2 aromatic heterocycles. The van der Waals surface area contributed by atoms with Crippen molar-refractivity contribution >= 4 is 28.5 Å². The van der Waals surface area contributed by atoms with E-state index in [-0.39, 0.29) is 5.78 Å². The van der Waals surface area contributed by atoms with E-state index in [2.05, 4.69) is 10.8 Å². The topological polar surface area (TPSA) is 17.1 Å². The molecule has 0 radical (unpaired) electrons. The lowest BCUT2D eigenvalue weighted by Crippen LogP contribution is -2.14. The van der Waals surface area contributed by atoms with Gasteiger partial charge in [-0.05, 0) is 60.4 Å². The molecule has 20 heavy (non-hydrogen) atoms. The normalized spacial score (nSPS) is 19.6. The Morgan fingerprint density at radius 3 is 1.65 bits per heavy atom. The van der Waals surface area contributed by atoms with Gasteiger partial charge in [0.25, 0.3) is 0 Å². The second-order valence-electron chi connectivity index (χ2n) is 5.98. The minimum absolute atomic E-state index is 0.274. The van der Waals surface area contributed by atoms with Gasteiger partial charge < -0.3 is 0 Å². The Balaban J connectivity index is 1.67. The van der Waals surface area contributed by atoms with Crippen molar-refractivity contribution in [2.75, 3.05) is 0 Å². The van der Waals surface area contributed by atoms with Gasteiger partial charge in [0.2, 0.25) is 0 Å². The summed E-state index contributed by atoms with van der Waals surface area (Å²) in [5, 5.41) is 4.19. The van der Waals surface area contributed by atoms with E-state index < -0.39 is 0 Å². The highest BCUT2D eigenvalue weighted by Gasteiger charge is 2.30. The predicted octanol–water partition coefficient (Wildman–Crippen LogP) is 5.58. The first-order valence-electron chi connectivity index (χ1n) is 7.54. The summed E-state index contributed by atoms with van der Waals surface area (Å²) in [6.45, 7) is 0. The lowest BCUT2D eigenvalue weighted by atomic mass is 9.80. The quantitative estimate of drug-likeness (QED) is 0.674. The monoisotopic (exact) mass is 302 g/mol. The van der Waals surface area contributed by atoms with Crippen LogP contribution < -0.4 is 0 Å². The average Bonchev–Trinajstić information content (AvgIpc) is 2.93. The first-order chi connectivity index (χ1) is 9.84. The van der Waals surface area contributed by atoms with E-state index in [4.69, 9.17) is 0 Å². The number of carbonyl (C=O) groups excluding carboxylic acids is 1. The third-order valence-corrected chi connectivity index (χ3v) is 6.99. The van der Waals surface area contributed by atoms with E-state index in [1.54, 1.807) is 22.7 Å². The molecule has 0 saturated heterocycles. The van der Waals surface area contributed by atoms with Crippen LogP contribution in [0.4, 0.5) is 0 Å². The second-order valence-corrected chi connectivity index (χ2v) is 7.88. The van der Waals surface area contributed by atoms with Gasteiger partial charge in [-0.15, -0.1) is 22.7 Å². The molecule has 4 rings (SSSR count). The van der Waals surface area contributed by atoms with Gasteiger partial charge in [0, 0.05) is 20.9 Å². The molecular formula is C17H18OS2. The standard InChI is InChI=1S/C17H18OS2/c18-15(13-7-9-19-16(13)11-3-1-4-11)14-8-10-20-17(14)12-5-2-6-12/h7-12H,1-6H2. The Labute approximate surface area is 127 Å². The van der Waals surface area contributed by atoms with Crippen LogP contribution in [-0.2, 0) is 0 Å². The van der Waals surface area contributed by atoms with E-state index in [1.165, 1.54) is 48.3 Å². The first kappa shape index (κ1) is 12.8. The summed E-state index contributed by atoms with van der Waals surface area (Å²) < 4.78 is 0. The summed E-state index contributed by atoms with van der Waals surface area (Å²) in [4.78, 5) is 15.6. The van der Waals surface area contributed by atoms with Crippen LogP contribution in [0.25, 0.3) is 0 Å². The van der Waals surface area contributed by atoms with Crippen molar-refractivity contribution in [3.8, 4) is 0 Å². The van der Waals surface area contributed by atoms with Crippen LogP contribution >= 0.6 is 22.7 Å². The van der Waals surface area contributed by atoms with Gasteiger partial charge in [-0.3, -0.25) is 4.79 Å². The van der Waals surface area contributed by atoms with Gasteiger partial charge in [0.1, 0.15) is 0 Å². The van der Waals surface area contributed by atoms with Crippen LogP contribution in [0, 0.1) is 0 Å². The van der Waals surface area contributed by atoms with Gasteiger partial charge >= 0.3 is 0 Å². The molecular weight excluding hydrogens is 284 g/mol. The molecule has 0 aromatic carbocycles. The minimum Gasteiger partial charge on any atom is -0.289 e. The fourth-order valence-corrected chi connectivity index (χ4v) is 5.27. The van der Waals surface area contributed by atoms with E-state index in [0.717, 1.165) is 11.1 Å². The summed E-state index contributed by atoms with van der Waals surface area (Å²) in [6.07, 6.45) is 7.70. The van der Waals surface area contributed by atoms with Crippen molar-refractivity contribution in [3.05, 3.63) is 43.8 Å². The molecule has 0 bridgehead atoms. The Kier molecular flexibility index (Phi) is 3.27. The number of ketones is 1. The molecule has 0 amide bonds. The predicted molar refractivity (Wildman–Crippen MR) is 85.3 cm³/mol. The summed E-state index contributed by atoms with van der Waals surface area (Å²) in [7, 11) is 0. The first-order valence-corrected chi connectivity index (χ1v) is 9.30. The molecule has 0 atom stereocenters. The van der Waals surface area contributed by atoms with Crippen molar-refractivity contribution < 1.29 is 4.79 Å². The summed E-state index contributed by atoms with van der Waals surface area (Å²) in [5.41, 5.74) is 1.97. The maximum atomic E-state index is 12.9. The Morgan fingerprint density at radius 1 is 0.850 bits per heavy atom. The van der Waals surface area contributed by atoms with Crippen LogP contribution in [-0.4, -0.2) is 5.78 Å². The molecule has 0 N–H and O–H groups in total. The zero-order valence-electron chi connectivity index (χ0n) is 11.4. The third kappa shape index (κ3) is 1.99. The minimum atomic E-state index is 0.274. The maximum absolute atomic E-state index is 12.9. The van der Waals surface area contributed by atoms with Crippen molar-refractivity contribution in [1.82, 2.24) is 0 Å². The molecule has 1 nitrogen and oxygen atoms in total. The highest BCUT2D eigenvalue weighted by molar-refractivity contribution is 7.11. The maximum Gasteiger partial charge on any atom is 0.195 e. The van der Waals surface area contributed by atoms with Crippen LogP contribution in [0.5, 0.6) is 0 Å². The van der Waals surface area contributed by atoms with E-state index in [1.807, 2.05) is 12.1 Å². The highest BCUT2D eigenvalue weighted by atomic mass is 32.1. The second kappa shape index (κ2) is 5.12. The highest BCUT2D eigenvalue weighted by Crippen LogP contribution is 2.44. The largest absolute Gasteiger partial charge is 0.289 e. The SMILES string of the molecule is O=C(c1ccsc1C1CCC1)c1ccsc1C1CCC1. The Hall–Kier alpha value is -0.930. The molecule has 2 aliphatic carbocycles. The lowest BCUT2D eigenvalue weighted by Gasteiger charge is -2.26. The van der Waals surface area contributed by atoms with Crippen LogP contribution in [0.1, 0.15) is 76.0 Å². The third-order valence-electron chi connectivity index (χ3n) is 4.83. The van der Waals surface area contributed by atoms with Gasteiger partial charge in [0.15, 0.2) is 5.78 Å². The zero-order valence-corrected chi connectivity index (χ0v) is 13.1. The molecule has 2 fully saturated rings.